The van der Waals surface area contributed by atoms with Gasteiger partial charge in [-0.2, -0.15) is 0 Å². The zero-order chi connectivity index (χ0) is 16.2. The summed E-state index contributed by atoms with van der Waals surface area (Å²) in [5.74, 6) is 2.85. The van der Waals surface area contributed by atoms with Gasteiger partial charge in [0, 0.05) is 18.3 Å². The van der Waals surface area contributed by atoms with E-state index >= 15 is 0 Å². The van der Waals surface area contributed by atoms with E-state index in [2.05, 4.69) is 49.3 Å². The molecule has 0 radical (unpaired) electrons. The highest BCUT2D eigenvalue weighted by atomic mass is 32.1. The van der Waals surface area contributed by atoms with E-state index in [9.17, 15) is 0 Å². The van der Waals surface area contributed by atoms with E-state index in [4.69, 9.17) is 12.2 Å². The van der Waals surface area contributed by atoms with Crippen LogP contribution in [0, 0.1) is 31.6 Å². The van der Waals surface area contributed by atoms with Crippen LogP contribution in [0.2, 0.25) is 0 Å². The molecule has 2 nitrogen and oxygen atoms in total. The van der Waals surface area contributed by atoms with Crippen molar-refractivity contribution in [3.63, 3.8) is 0 Å². The number of hydrogen-bond acceptors (Lipinski definition) is 1. The highest BCUT2D eigenvalue weighted by molar-refractivity contribution is 7.80. The average Bonchev–Trinajstić information content (AvgIpc) is 2.49. The number of benzene rings is 1. The molecule has 4 fully saturated rings. The van der Waals surface area contributed by atoms with Crippen molar-refractivity contribution >= 4 is 23.0 Å². The van der Waals surface area contributed by atoms with Gasteiger partial charge in [-0.1, -0.05) is 12.1 Å². The largest absolute Gasteiger partial charge is 0.346 e. The van der Waals surface area contributed by atoms with E-state index in [-0.39, 0.29) is 0 Å². The molecule has 4 bridgehead atoms. The fourth-order valence-electron chi connectivity index (χ4n) is 5.78. The Balaban J connectivity index is 1.53. The molecule has 4 saturated carbocycles. The van der Waals surface area contributed by atoms with Gasteiger partial charge in [0.1, 0.15) is 0 Å². The Morgan fingerprint density at radius 2 is 1.65 bits per heavy atom. The molecule has 4 aliphatic rings. The molecule has 0 spiro atoms. The van der Waals surface area contributed by atoms with Crippen molar-refractivity contribution in [3.05, 3.63) is 29.3 Å². The number of aryl methyl sites for hydroxylation is 1. The molecule has 1 aromatic carbocycles. The van der Waals surface area contributed by atoms with Crippen LogP contribution in [0.25, 0.3) is 0 Å². The van der Waals surface area contributed by atoms with Crippen LogP contribution in [-0.2, 0) is 0 Å². The topological polar surface area (TPSA) is 15.3 Å². The predicted molar refractivity (Wildman–Crippen MR) is 101 cm³/mol. The van der Waals surface area contributed by atoms with Crippen molar-refractivity contribution in [1.29, 1.82) is 0 Å². The van der Waals surface area contributed by atoms with Gasteiger partial charge < -0.3 is 10.2 Å². The maximum absolute atomic E-state index is 5.81. The van der Waals surface area contributed by atoms with Gasteiger partial charge in [-0.25, -0.2) is 0 Å². The second-order valence-electron chi connectivity index (χ2n) is 8.38. The van der Waals surface area contributed by atoms with Crippen LogP contribution in [0.4, 0.5) is 5.69 Å². The third-order valence-corrected chi connectivity index (χ3v) is 7.24. The Bertz CT molecular complexity index is 601. The Morgan fingerprint density at radius 1 is 1.09 bits per heavy atom. The van der Waals surface area contributed by atoms with Gasteiger partial charge in [-0.05, 0) is 99.5 Å². The molecule has 1 N–H and O–H groups in total. The van der Waals surface area contributed by atoms with E-state index < -0.39 is 0 Å². The van der Waals surface area contributed by atoms with Gasteiger partial charge in [0.15, 0.2) is 5.11 Å². The van der Waals surface area contributed by atoms with Gasteiger partial charge in [-0.3, -0.25) is 0 Å². The van der Waals surface area contributed by atoms with Crippen LogP contribution >= 0.6 is 12.2 Å². The summed E-state index contributed by atoms with van der Waals surface area (Å²) in [5.41, 5.74) is 4.10. The Labute approximate surface area is 145 Å². The highest BCUT2D eigenvalue weighted by Gasteiger charge is 2.53. The molecule has 0 amide bonds. The minimum absolute atomic E-state index is 0.330. The summed E-state index contributed by atoms with van der Waals surface area (Å²) in [5, 5.41) is 4.44. The molecule has 3 heteroatoms. The van der Waals surface area contributed by atoms with E-state index in [1.54, 1.807) is 0 Å². The molecule has 0 aromatic heterocycles. The summed E-state index contributed by atoms with van der Waals surface area (Å²) >= 11 is 5.81. The van der Waals surface area contributed by atoms with Crippen LogP contribution in [0.1, 0.15) is 49.7 Å². The van der Waals surface area contributed by atoms with Crippen molar-refractivity contribution in [3.8, 4) is 0 Å². The summed E-state index contributed by atoms with van der Waals surface area (Å²) in [6.07, 6.45) is 8.48. The molecule has 0 atom stereocenters. The molecular formula is C20H28N2S. The number of nitrogens with one attached hydrogen (secondary N) is 1. The second-order valence-corrected chi connectivity index (χ2v) is 8.77. The van der Waals surface area contributed by atoms with Crippen molar-refractivity contribution < 1.29 is 0 Å². The van der Waals surface area contributed by atoms with Gasteiger partial charge in [0.25, 0.3) is 0 Å². The maximum Gasteiger partial charge on any atom is 0.173 e. The standard InChI is InChI=1S/C20H28N2S/c1-13-5-4-6-18(14(13)2)21-19(23)22(3)20-10-15-7-16(11-20)9-17(8-15)12-20/h4-6,15-17H,7-12H2,1-3H3,(H,21,23). The lowest BCUT2D eigenvalue weighted by Crippen LogP contribution is -2.60. The van der Waals surface area contributed by atoms with Crippen LogP contribution in [-0.4, -0.2) is 22.6 Å². The van der Waals surface area contributed by atoms with Crippen molar-refractivity contribution in [2.75, 3.05) is 12.4 Å². The lowest BCUT2D eigenvalue weighted by atomic mass is 9.52. The lowest BCUT2D eigenvalue weighted by molar-refractivity contribution is -0.0538. The zero-order valence-electron chi connectivity index (χ0n) is 14.6. The van der Waals surface area contributed by atoms with Crippen molar-refractivity contribution in [2.45, 2.75) is 57.9 Å². The average molecular weight is 329 g/mol. The number of rotatable bonds is 2. The maximum atomic E-state index is 5.81. The highest BCUT2D eigenvalue weighted by Crippen LogP contribution is 2.57. The quantitative estimate of drug-likeness (QED) is 0.777. The Morgan fingerprint density at radius 3 is 2.22 bits per heavy atom. The zero-order valence-corrected chi connectivity index (χ0v) is 15.4. The van der Waals surface area contributed by atoms with E-state index in [1.165, 1.54) is 49.7 Å². The van der Waals surface area contributed by atoms with Crippen molar-refractivity contribution in [1.82, 2.24) is 4.90 Å². The summed E-state index contributed by atoms with van der Waals surface area (Å²) in [7, 11) is 2.23. The van der Waals surface area contributed by atoms with Crippen LogP contribution in [0.15, 0.2) is 18.2 Å². The lowest BCUT2D eigenvalue weighted by Gasteiger charge is -2.60. The third kappa shape index (κ3) is 2.57. The summed E-state index contributed by atoms with van der Waals surface area (Å²) in [4.78, 5) is 2.43. The molecule has 0 aliphatic heterocycles. The molecule has 0 saturated heterocycles. The molecular weight excluding hydrogens is 300 g/mol. The Hall–Kier alpha value is -1.09. The van der Waals surface area contributed by atoms with E-state index in [0.29, 0.717) is 5.54 Å². The fraction of sp³-hybridized carbons (Fsp3) is 0.650. The van der Waals surface area contributed by atoms with Gasteiger partial charge in [0.05, 0.1) is 0 Å². The van der Waals surface area contributed by atoms with Crippen LogP contribution in [0.3, 0.4) is 0 Å². The number of hydrogen-bond donors (Lipinski definition) is 1. The first-order valence-electron chi connectivity index (χ1n) is 9.08. The number of anilines is 1. The van der Waals surface area contributed by atoms with Gasteiger partial charge in [-0.15, -0.1) is 0 Å². The first kappa shape index (κ1) is 15.4. The molecule has 4 aliphatic carbocycles. The smallest absolute Gasteiger partial charge is 0.173 e. The van der Waals surface area contributed by atoms with E-state index in [0.717, 1.165) is 28.6 Å². The number of thiocarbonyl (C=S) groups is 1. The summed E-state index contributed by atoms with van der Waals surface area (Å²) < 4.78 is 0. The molecule has 5 rings (SSSR count). The molecule has 124 valence electrons. The monoisotopic (exact) mass is 328 g/mol. The normalized spacial score (nSPS) is 34.5. The van der Waals surface area contributed by atoms with Crippen LogP contribution in [0.5, 0.6) is 0 Å². The Kier molecular flexibility index (Phi) is 3.67. The predicted octanol–water partition coefficient (Wildman–Crippen LogP) is 4.90. The second kappa shape index (κ2) is 5.47. The van der Waals surface area contributed by atoms with Gasteiger partial charge in [0.2, 0.25) is 0 Å². The first-order valence-corrected chi connectivity index (χ1v) is 9.49. The SMILES string of the molecule is Cc1cccc(NC(=S)N(C)C23CC4CC(CC(C4)C2)C3)c1C. The molecule has 0 heterocycles. The van der Waals surface area contributed by atoms with E-state index in [1.807, 2.05) is 0 Å². The molecule has 23 heavy (non-hydrogen) atoms. The summed E-state index contributed by atoms with van der Waals surface area (Å²) in [6.45, 7) is 4.33. The van der Waals surface area contributed by atoms with Crippen molar-refractivity contribution in [2.24, 2.45) is 17.8 Å². The minimum atomic E-state index is 0.330. The fourth-order valence-corrected chi connectivity index (χ4v) is 6.08. The third-order valence-electron chi connectivity index (χ3n) is 6.87. The molecule has 1 aromatic rings. The molecule has 0 unspecified atom stereocenters. The number of nitrogens with zero attached hydrogens (tertiary/aromatic N) is 1. The minimum Gasteiger partial charge on any atom is -0.346 e. The summed E-state index contributed by atoms with van der Waals surface area (Å²) in [6, 6.07) is 6.41. The first-order chi connectivity index (χ1) is 11.0. The van der Waals surface area contributed by atoms with Gasteiger partial charge >= 0.3 is 0 Å². The van der Waals surface area contributed by atoms with Crippen LogP contribution < -0.4 is 5.32 Å².